The Bertz CT molecular complexity index is 848. The maximum Gasteiger partial charge on any atom is 0.255 e. The summed E-state index contributed by atoms with van der Waals surface area (Å²) in [5.74, 6) is -0.425. The van der Waals surface area contributed by atoms with Crippen LogP contribution in [0.2, 0.25) is 0 Å². The number of nitrogens with zero attached hydrogens (tertiary/aromatic N) is 3. The number of amides is 2. The van der Waals surface area contributed by atoms with Crippen LogP contribution in [0.4, 0.5) is 5.69 Å². The molecule has 1 aromatic heterocycles. The van der Waals surface area contributed by atoms with Gasteiger partial charge >= 0.3 is 0 Å². The average Bonchev–Trinajstić information content (AvgIpc) is 2.78. The summed E-state index contributed by atoms with van der Waals surface area (Å²) in [5.41, 5.74) is 2.38. The number of anilines is 1. The zero-order valence-electron chi connectivity index (χ0n) is 17.9. The van der Waals surface area contributed by atoms with Crippen LogP contribution in [0.15, 0.2) is 42.7 Å². The molecular formula is C23H31N5O2. The van der Waals surface area contributed by atoms with Crippen molar-refractivity contribution < 1.29 is 9.59 Å². The molecule has 1 fully saturated rings. The van der Waals surface area contributed by atoms with Gasteiger partial charge in [-0.25, -0.2) is 0 Å². The van der Waals surface area contributed by atoms with Crippen molar-refractivity contribution in [2.24, 2.45) is 0 Å². The van der Waals surface area contributed by atoms with Crippen LogP contribution in [0.1, 0.15) is 39.6 Å². The van der Waals surface area contributed by atoms with Gasteiger partial charge in [0.05, 0.1) is 11.3 Å². The van der Waals surface area contributed by atoms with Gasteiger partial charge in [-0.3, -0.25) is 14.6 Å². The molecular weight excluding hydrogens is 378 g/mol. The second kappa shape index (κ2) is 10.8. The predicted octanol–water partition coefficient (Wildman–Crippen LogP) is 2.40. The van der Waals surface area contributed by atoms with E-state index in [1.807, 2.05) is 19.1 Å². The minimum absolute atomic E-state index is 0.167. The normalized spacial score (nSPS) is 15.0. The van der Waals surface area contributed by atoms with Gasteiger partial charge in [0.1, 0.15) is 0 Å². The highest BCUT2D eigenvalue weighted by atomic mass is 16.2. The Hall–Kier alpha value is -2.77. The van der Waals surface area contributed by atoms with Gasteiger partial charge in [0.25, 0.3) is 11.8 Å². The van der Waals surface area contributed by atoms with E-state index in [1.54, 1.807) is 30.6 Å². The highest BCUT2D eigenvalue weighted by molar-refractivity contribution is 6.09. The molecule has 1 aliphatic rings. The summed E-state index contributed by atoms with van der Waals surface area (Å²) in [6.45, 7) is 11.2. The molecule has 0 saturated carbocycles. The molecule has 1 aliphatic heterocycles. The van der Waals surface area contributed by atoms with Crippen LogP contribution in [0.25, 0.3) is 0 Å². The second-order valence-corrected chi connectivity index (χ2v) is 7.57. The van der Waals surface area contributed by atoms with Crippen molar-refractivity contribution in [2.45, 2.75) is 20.3 Å². The number of piperazine rings is 1. The topological polar surface area (TPSA) is 77.6 Å². The zero-order valence-corrected chi connectivity index (χ0v) is 17.9. The molecule has 0 bridgehead atoms. The van der Waals surface area contributed by atoms with Crippen molar-refractivity contribution in [3.8, 4) is 0 Å². The number of hydrogen-bond donors (Lipinski definition) is 2. The Morgan fingerprint density at radius 3 is 2.40 bits per heavy atom. The van der Waals surface area contributed by atoms with Crippen LogP contribution < -0.4 is 10.6 Å². The average molecular weight is 410 g/mol. The first-order chi connectivity index (χ1) is 14.6. The highest BCUT2D eigenvalue weighted by Gasteiger charge is 2.17. The Morgan fingerprint density at radius 1 is 1.00 bits per heavy atom. The Labute approximate surface area is 178 Å². The lowest BCUT2D eigenvalue weighted by Gasteiger charge is -2.33. The summed E-state index contributed by atoms with van der Waals surface area (Å²) < 4.78 is 0. The Kier molecular flexibility index (Phi) is 7.93. The largest absolute Gasteiger partial charge is 0.352 e. The van der Waals surface area contributed by atoms with Crippen molar-refractivity contribution in [3.05, 3.63) is 59.4 Å². The van der Waals surface area contributed by atoms with E-state index in [2.05, 4.69) is 32.3 Å². The summed E-state index contributed by atoms with van der Waals surface area (Å²) in [7, 11) is 0. The van der Waals surface area contributed by atoms with E-state index in [0.717, 1.165) is 51.3 Å². The number of aromatic nitrogens is 1. The van der Waals surface area contributed by atoms with Crippen LogP contribution in [0.5, 0.6) is 0 Å². The minimum Gasteiger partial charge on any atom is -0.352 e. The number of rotatable bonds is 8. The van der Waals surface area contributed by atoms with Crippen molar-refractivity contribution in [1.29, 1.82) is 0 Å². The first kappa shape index (κ1) is 21.9. The summed E-state index contributed by atoms with van der Waals surface area (Å²) >= 11 is 0. The van der Waals surface area contributed by atoms with Crippen LogP contribution in [0.3, 0.4) is 0 Å². The van der Waals surface area contributed by atoms with Crippen molar-refractivity contribution >= 4 is 17.5 Å². The van der Waals surface area contributed by atoms with Gasteiger partial charge < -0.3 is 20.4 Å². The van der Waals surface area contributed by atoms with E-state index in [-0.39, 0.29) is 11.8 Å². The fraction of sp³-hybridized carbons (Fsp3) is 0.435. The van der Waals surface area contributed by atoms with Gasteiger partial charge in [0.2, 0.25) is 0 Å². The molecule has 0 aliphatic carbocycles. The molecule has 2 aromatic rings. The van der Waals surface area contributed by atoms with Gasteiger partial charge in [0.15, 0.2) is 0 Å². The van der Waals surface area contributed by atoms with Gasteiger partial charge in [-0.2, -0.15) is 0 Å². The van der Waals surface area contributed by atoms with E-state index in [1.165, 1.54) is 0 Å². The number of para-hydroxylation sites is 1. The molecule has 0 unspecified atom stereocenters. The van der Waals surface area contributed by atoms with E-state index in [0.29, 0.717) is 23.4 Å². The number of benzene rings is 1. The van der Waals surface area contributed by atoms with Crippen molar-refractivity contribution in [2.75, 3.05) is 51.1 Å². The smallest absolute Gasteiger partial charge is 0.255 e. The quantitative estimate of drug-likeness (QED) is 0.655. The number of hydrogen-bond acceptors (Lipinski definition) is 5. The number of pyridine rings is 1. The lowest BCUT2D eigenvalue weighted by Crippen LogP contribution is -2.46. The molecule has 3 rings (SSSR count). The van der Waals surface area contributed by atoms with Gasteiger partial charge in [-0.1, -0.05) is 19.1 Å². The standard InChI is InChI=1S/C23H31N5O2/c1-3-27-14-16-28(17-15-27)13-5-10-25-23(30)20-7-4-6-18(2)21(20)26-22(29)19-8-11-24-12-9-19/h4,6-9,11-12H,3,5,10,13-17H2,1-2H3,(H,25,30)(H,26,29). The lowest BCUT2D eigenvalue weighted by atomic mass is 10.1. The number of carbonyl (C=O) groups is 2. The van der Waals surface area contributed by atoms with Gasteiger partial charge in [-0.15, -0.1) is 0 Å². The molecule has 2 amide bonds. The first-order valence-electron chi connectivity index (χ1n) is 10.6. The van der Waals surface area contributed by atoms with Gasteiger partial charge in [0, 0.05) is 50.7 Å². The third-order valence-corrected chi connectivity index (χ3v) is 5.55. The summed E-state index contributed by atoms with van der Waals surface area (Å²) in [5, 5.41) is 5.89. The second-order valence-electron chi connectivity index (χ2n) is 7.57. The van der Waals surface area contributed by atoms with Crippen LogP contribution >= 0.6 is 0 Å². The summed E-state index contributed by atoms with van der Waals surface area (Å²) in [6, 6.07) is 8.75. The monoisotopic (exact) mass is 409 g/mol. The Morgan fingerprint density at radius 2 is 1.70 bits per heavy atom. The van der Waals surface area contributed by atoms with Crippen molar-refractivity contribution in [3.63, 3.8) is 0 Å². The van der Waals surface area contributed by atoms with Crippen molar-refractivity contribution in [1.82, 2.24) is 20.1 Å². The number of carbonyl (C=O) groups excluding carboxylic acids is 2. The van der Waals surface area contributed by atoms with E-state index < -0.39 is 0 Å². The molecule has 0 atom stereocenters. The number of nitrogens with one attached hydrogen (secondary N) is 2. The molecule has 160 valence electrons. The number of likely N-dealkylation sites (N-methyl/N-ethyl adjacent to an activating group) is 1. The maximum atomic E-state index is 12.8. The lowest BCUT2D eigenvalue weighted by molar-refractivity contribution is 0.0949. The SMILES string of the molecule is CCN1CCN(CCCNC(=O)c2cccc(C)c2NC(=O)c2ccncc2)CC1. The van der Waals surface area contributed by atoms with E-state index in [4.69, 9.17) is 0 Å². The van der Waals surface area contributed by atoms with Crippen LogP contribution in [-0.4, -0.2) is 72.4 Å². The highest BCUT2D eigenvalue weighted by Crippen LogP contribution is 2.21. The molecule has 2 heterocycles. The molecule has 1 saturated heterocycles. The predicted molar refractivity (Wildman–Crippen MR) is 119 cm³/mol. The molecule has 0 spiro atoms. The molecule has 7 nitrogen and oxygen atoms in total. The molecule has 30 heavy (non-hydrogen) atoms. The molecule has 2 N–H and O–H groups in total. The summed E-state index contributed by atoms with van der Waals surface area (Å²) in [4.78, 5) is 34.2. The molecule has 1 aromatic carbocycles. The molecule has 7 heteroatoms. The third-order valence-electron chi connectivity index (χ3n) is 5.55. The fourth-order valence-corrected chi connectivity index (χ4v) is 3.64. The zero-order chi connectivity index (χ0) is 21.3. The molecule has 0 radical (unpaired) electrons. The van der Waals surface area contributed by atoms with Crippen LogP contribution in [0, 0.1) is 6.92 Å². The minimum atomic E-state index is -0.257. The van der Waals surface area contributed by atoms with E-state index >= 15 is 0 Å². The third kappa shape index (κ3) is 5.87. The fourth-order valence-electron chi connectivity index (χ4n) is 3.64. The number of aryl methyl sites for hydroxylation is 1. The summed E-state index contributed by atoms with van der Waals surface area (Å²) in [6.07, 6.45) is 4.05. The Balaban J connectivity index is 1.53. The van der Waals surface area contributed by atoms with Crippen LogP contribution in [-0.2, 0) is 0 Å². The van der Waals surface area contributed by atoms with Gasteiger partial charge in [-0.05, 0) is 50.2 Å². The van der Waals surface area contributed by atoms with E-state index in [9.17, 15) is 9.59 Å². The first-order valence-corrected chi connectivity index (χ1v) is 10.6. The maximum absolute atomic E-state index is 12.8.